The molecule has 1 aromatic rings. The van der Waals surface area contributed by atoms with E-state index < -0.39 is 0 Å². The predicted octanol–water partition coefficient (Wildman–Crippen LogP) is 2.78. The van der Waals surface area contributed by atoms with Gasteiger partial charge in [0, 0.05) is 32.2 Å². The molecule has 1 atom stereocenters. The molecule has 3 heteroatoms. The summed E-state index contributed by atoms with van der Waals surface area (Å²) in [6, 6.07) is 7.11. The SMILES string of the molecule is COc1ccc(C(C)N2CCNCC2)cc1C(C)C. The largest absolute Gasteiger partial charge is 0.496 e. The van der Waals surface area contributed by atoms with Crippen LogP contribution in [0.4, 0.5) is 0 Å². The van der Waals surface area contributed by atoms with E-state index in [2.05, 4.69) is 49.2 Å². The lowest BCUT2D eigenvalue weighted by atomic mass is 9.96. The lowest BCUT2D eigenvalue weighted by Gasteiger charge is -2.33. The number of piperazine rings is 1. The molecule has 0 radical (unpaired) electrons. The van der Waals surface area contributed by atoms with E-state index in [1.807, 2.05) is 0 Å². The van der Waals surface area contributed by atoms with Crippen molar-refractivity contribution in [1.82, 2.24) is 10.2 Å². The monoisotopic (exact) mass is 262 g/mol. The molecule has 1 saturated heterocycles. The van der Waals surface area contributed by atoms with E-state index in [-0.39, 0.29) is 0 Å². The molecule has 1 aromatic carbocycles. The highest BCUT2D eigenvalue weighted by molar-refractivity contribution is 5.40. The molecule has 2 rings (SSSR count). The van der Waals surface area contributed by atoms with E-state index in [4.69, 9.17) is 4.74 Å². The zero-order valence-corrected chi connectivity index (χ0v) is 12.6. The summed E-state index contributed by atoms with van der Waals surface area (Å²) in [6.07, 6.45) is 0. The van der Waals surface area contributed by atoms with E-state index >= 15 is 0 Å². The Labute approximate surface area is 116 Å². The van der Waals surface area contributed by atoms with Crippen molar-refractivity contribution in [3.8, 4) is 5.75 Å². The zero-order valence-electron chi connectivity index (χ0n) is 12.6. The van der Waals surface area contributed by atoms with Gasteiger partial charge in [0.05, 0.1) is 7.11 Å². The second-order valence-electron chi connectivity index (χ2n) is 5.62. The van der Waals surface area contributed by atoms with Crippen molar-refractivity contribution in [2.45, 2.75) is 32.7 Å². The van der Waals surface area contributed by atoms with Gasteiger partial charge in [0.2, 0.25) is 0 Å². The number of methoxy groups -OCH3 is 1. The molecule has 0 bridgehead atoms. The molecule has 0 amide bonds. The van der Waals surface area contributed by atoms with Crippen LogP contribution in [0.15, 0.2) is 18.2 Å². The molecule has 0 saturated carbocycles. The molecule has 0 spiro atoms. The van der Waals surface area contributed by atoms with Crippen molar-refractivity contribution in [2.75, 3.05) is 33.3 Å². The number of hydrogen-bond donors (Lipinski definition) is 1. The molecule has 0 aromatic heterocycles. The van der Waals surface area contributed by atoms with Gasteiger partial charge >= 0.3 is 0 Å². The number of ether oxygens (including phenoxy) is 1. The average molecular weight is 262 g/mol. The van der Waals surface area contributed by atoms with Crippen LogP contribution in [-0.4, -0.2) is 38.2 Å². The van der Waals surface area contributed by atoms with Crippen molar-refractivity contribution in [3.63, 3.8) is 0 Å². The highest BCUT2D eigenvalue weighted by Gasteiger charge is 2.19. The first-order valence-corrected chi connectivity index (χ1v) is 7.26. The van der Waals surface area contributed by atoms with E-state index in [1.54, 1.807) is 7.11 Å². The van der Waals surface area contributed by atoms with Crippen molar-refractivity contribution in [1.29, 1.82) is 0 Å². The summed E-state index contributed by atoms with van der Waals surface area (Å²) in [4.78, 5) is 2.54. The van der Waals surface area contributed by atoms with Gasteiger partial charge in [-0.25, -0.2) is 0 Å². The molecule has 19 heavy (non-hydrogen) atoms. The average Bonchev–Trinajstić information content (AvgIpc) is 2.46. The van der Waals surface area contributed by atoms with Crippen LogP contribution in [0, 0.1) is 0 Å². The molecular formula is C16H26N2O. The third-order valence-electron chi connectivity index (χ3n) is 4.06. The van der Waals surface area contributed by atoms with E-state index in [9.17, 15) is 0 Å². The Balaban J connectivity index is 2.21. The van der Waals surface area contributed by atoms with Gasteiger partial charge < -0.3 is 10.1 Å². The fraction of sp³-hybridized carbons (Fsp3) is 0.625. The van der Waals surface area contributed by atoms with Gasteiger partial charge in [0.15, 0.2) is 0 Å². The van der Waals surface area contributed by atoms with Crippen LogP contribution in [0.1, 0.15) is 43.9 Å². The van der Waals surface area contributed by atoms with Crippen molar-refractivity contribution >= 4 is 0 Å². The van der Waals surface area contributed by atoms with Gasteiger partial charge in [-0.2, -0.15) is 0 Å². The third kappa shape index (κ3) is 3.28. The van der Waals surface area contributed by atoms with E-state index in [0.717, 1.165) is 31.9 Å². The molecule has 1 N–H and O–H groups in total. The minimum Gasteiger partial charge on any atom is -0.496 e. The lowest BCUT2D eigenvalue weighted by molar-refractivity contribution is 0.185. The summed E-state index contributed by atoms with van der Waals surface area (Å²) < 4.78 is 5.46. The Kier molecular flexibility index (Phi) is 4.83. The quantitative estimate of drug-likeness (QED) is 0.903. The van der Waals surface area contributed by atoms with E-state index in [1.165, 1.54) is 11.1 Å². The fourth-order valence-corrected chi connectivity index (χ4v) is 2.74. The number of hydrogen-bond acceptors (Lipinski definition) is 3. The van der Waals surface area contributed by atoms with E-state index in [0.29, 0.717) is 12.0 Å². The minimum absolute atomic E-state index is 0.477. The van der Waals surface area contributed by atoms with Crippen LogP contribution >= 0.6 is 0 Å². The third-order valence-corrected chi connectivity index (χ3v) is 4.06. The highest BCUT2D eigenvalue weighted by Crippen LogP contribution is 2.31. The summed E-state index contributed by atoms with van der Waals surface area (Å²) in [7, 11) is 1.75. The number of nitrogens with one attached hydrogen (secondary N) is 1. The molecule has 0 aliphatic carbocycles. The van der Waals surface area contributed by atoms with Crippen molar-refractivity contribution in [2.24, 2.45) is 0 Å². The molecule has 1 aliphatic rings. The van der Waals surface area contributed by atoms with Crippen LogP contribution in [0.3, 0.4) is 0 Å². The Bertz CT molecular complexity index is 411. The van der Waals surface area contributed by atoms with Crippen LogP contribution in [0.25, 0.3) is 0 Å². The smallest absolute Gasteiger partial charge is 0.122 e. The Morgan fingerprint density at radius 3 is 2.42 bits per heavy atom. The predicted molar refractivity (Wildman–Crippen MR) is 79.9 cm³/mol. The molecule has 1 fully saturated rings. The van der Waals surface area contributed by atoms with Crippen LogP contribution < -0.4 is 10.1 Å². The molecule has 1 unspecified atom stereocenters. The van der Waals surface area contributed by atoms with Crippen LogP contribution in [-0.2, 0) is 0 Å². The molecule has 1 heterocycles. The van der Waals surface area contributed by atoms with Gasteiger partial charge in [-0.1, -0.05) is 26.0 Å². The summed E-state index contributed by atoms with van der Waals surface area (Å²) in [5.74, 6) is 1.50. The maximum atomic E-state index is 5.46. The van der Waals surface area contributed by atoms with Crippen LogP contribution in [0.2, 0.25) is 0 Å². The Morgan fingerprint density at radius 1 is 1.16 bits per heavy atom. The Morgan fingerprint density at radius 2 is 1.84 bits per heavy atom. The van der Waals surface area contributed by atoms with Crippen LogP contribution in [0.5, 0.6) is 5.75 Å². The molecule has 106 valence electrons. The molecule has 1 aliphatic heterocycles. The number of nitrogens with zero attached hydrogens (tertiary/aromatic N) is 1. The summed E-state index contributed by atoms with van der Waals surface area (Å²) in [5, 5.41) is 3.41. The normalized spacial score (nSPS) is 18.6. The number of rotatable bonds is 4. The first kappa shape index (κ1) is 14.4. The first-order chi connectivity index (χ1) is 9.13. The maximum Gasteiger partial charge on any atom is 0.122 e. The van der Waals surface area contributed by atoms with Crippen molar-refractivity contribution < 1.29 is 4.74 Å². The van der Waals surface area contributed by atoms with Gasteiger partial charge in [0.1, 0.15) is 5.75 Å². The lowest BCUT2D eigenvalue weighted by Crippen LogP contribution is -2.44. The van der Waals surface area contributed by atoms with Gasteiger partial charge in [-0.05, 0) is 30.0 Å². The van der Waals surface area contributed by atoms with Gasteiger partial charge in [0.25, 0.3) is 0 Å². The zero-order chi connectivity index (χ0) is 13.8. The van der Waals surface area contributed by atoms with Crippen molar-refractivity contribution in [3.05, 3.63) is 29.3 Å². The number of benzene rings is 1. The fourth-order valence-electron chi connectivity index (χ4n) is 2.74. The highest BCUT2D eigenvalue weighted by atomic mass is 16.5. The van der Waals surface area contributed by atoms with Gasteiger partial charge in [-0.15, -0.1) is 0 Å². The summed E-state index contributed by atoms with van der Waals surface area (Å²) in [6.45, 7) is 11.2. The van der Waals surface area contributed by atoms with Gasteiger partial charge in [-0.3, -0.25) is 4.90 Å². The standard InChI is InChI=1S/C16H26N2O/c1-12(2)15-11-14(5-6-16(15)19-4)13(3)18-9-7-17-8-10-18/h5-6,11-13,17H,7-10H2,1-4H3. The Hall–Kier alpha value is -1.06. The summed E-state index contributed by atoms with van der Waals surface area (Å²) >= 11 is 0. The first-order valence-electron chi connectivity index (χ1n) is 7.26. The molecule has 3 nitrogen and oxygen atoms in total. The second kappa shape index (κ2) is 6.40. The summed E-state index contributed by atoms with van der Waals surface area (Å²) in [5.41, 5.74) is 2.70. The second-order valence-corrected chi connectivity index (χ2v) is 5.62. The minimum atomic E-state index is 0.477. The molecular weight excluding hydrogens is 236 g/mol. The topological polar surface area (TPSA) is 24.5 Å². The maximum absolute atomic E-state index is 5.46.